The van der Waals surface area contributed by atoms with Gasteiger partial charge >= 0.3 is 0 Å². The van der Waals surface area contributed by atoms with Crippen molar-refractivity contribution < 1.29 is 4.52 Å². The highest BCUT2D eigenvalue weighted by Crippen LogP contribution is 2.22. The van der Waals surface area contributed by atoms with E-state index in [2.05, 4.69) is 32.3 Å². The molecule has 1 N–H and O–H groups in total. The minimum absolute atomic E-state index is 0.244. The molecule has 126 valence electrons. The van der Waals surface area contributed by atoms with Gasteiger partial charge < -0.3 is 9.84 Å². The van der Waals surface area contributed by atoms with Crippen LogP contribution in [0.4, 0.5) is 5.82 Å². The maximum Gasteiger partial charge on any atom is 0.258 e. The van der Waals surface area contributed by atoms with Crippen molar-refractivity contribution in [1.29, 1.82) is 0 Å². The maximum absolute atomic E-state index is 5.34. The van der Waals surface area contributed by atoms with E-state index in [1.165, 1.54) is 4.88 Å². The molecule has 0 amide bonds. The lowest BCUT2D eigenvalue weighted by molar-refractivity contribution is 0.419. The lowest BCUT2D eigenvalue weighted by Crippen LogP contribution is -2.06. The van der Waals surface area contributed by atoms with Crippen LogP contribution in [0.2, 0.25) is 0 Å². The molecule has 3 rings (SSSR count). The van der Waals surface area contributed by atoms with Gasteiger partial charge in [0.1, 0.15) is 5.82 Å². The van der Waals surface area contributed by atoms with Crippen LogP contribution in [0, 0.1) is 13.8 Å². The lowest BCUT2D eigenvalue weighted by atomic mass is 10.2. The van der Waals surface area contributed by atoms with Crippen molar-refractivity contribution in [2.45, 2.75) is 40.0 Å². The van der Waals surface area contributed by atoms with E-state index in [9.17, 15) is 0 Å². The summed E-state index contributed by atoms with van der Waals surface area (Å²) in [6.45, 7) is 8.98. The van der Waals surface area contributed by atoms with Gasteiger partial charge in [-0.15, -0.1) is 11.3 Å². The molecule has 0 radical (unpaired) electrons. The first-order valence-electron chi connectivity index (χ1n) is 7.99. The summed E-state index contributed by atoms with van der Waals surface area (Å²) in [4.78, 5) is 14.5. The van der Waals surface area contributed by atoms with Crippen molar-refractivity contribution in [2.24, 2.45) is 0 Å². The van der Waals surface area contributed by atoms with Gasteiger partial charge in [0.25, 0.3) is 5.89 Å². The highest BCUT2D eigenvalue weighted by Gasteiger charge is 2.12. The summed E-state index contributed by atoms with van der Waals surface area (Å²) in [5, 5.41) is 8.46. The van der Waals surface area contributed by atoms with Crippen LogP contribution < -0.4 is 5.32 Å². The third-order valence-corrected chi connectivity index (χ3v) is 4.76. The van der Waals surface area contributed by atoms with Gasteiger partial charge in [0.05, 0.1) is 10.7 Å². The van der Waals surface area contributed by atoms with Crippen LogP contribution in [0.5, 0.6) is 0 Å². The van der Waals surface area contributed by atoms with Crippen LogP contribution in [0.1, 0.15) is 41.2 Å². The Morgan fingerprint density at radius 1 is 1.25 bits per heavy atom. The van der Waals surface area contributed by atoms with E-state index in [1.807, 2.05) is 32.9 Å². The Kier molecular flexibility index (Phi) is 4.89. The number of aromatic nitrogens is 4. The Morgan fingerprint density at radius 3 is 2.75 bits per heavy atom. The quantitative estimate of drug-likeness (QED) is 0.729. The molecular weight excluding hydrogens is 322 g/mol. The van der Waals surface area contributed by atoms with E-state index in [4.69, 9.17) is 4.52 Å². The molecule has 0 aliphatic rings. The first-order chi connectivity index (χ1) is 11.5. The van der Waals surface area contributed by atoms with Crippen molar-refractivity contribution in [1.82, 2.24) is 20.1 Å². The molecule has 6 nitrogen and oxygen atoms in total. The van der Waals surface area contributed by atoms with Gasteiger partial charge in [-0.2, -0.15) is 4.98 Å². The van der Waals surface area contributed by atoms with E-state index >= 15 is 0 Å². The van der Waals surface area contributed by atoms with Gasteiger partial charge in [0.15, 0.2) is 5.82 Å². The van der Waals surface area contributed by atoms with Gasteiger partial charge in [-0.3, -0.25) is 0 Å². The first-order valence-corrected chi connectivity index (χ1v) is 8.81. The van der Waals surface area contributed by atoms with Crippen molar-refractivity contribution >= 4 is 17.2 Å². The highest BCUT2D eigenvalue weighted by atomic mass is 32.1. The van der Waals surface area contributed by atoms with Crippen LogP contribution >= 0.6 is 11.3 Å². The molecular formula is C17H21N5OS. The van der Waals surface area contributed by atoms with Crippen LogP contribution in [-0.2, 0) is 6.42 Å². The van der Waals surface area contributed by atoms with Crippen LogP contribution in [-0.4, -0.2) is 26.7 Å². The lowest BCUT2D eigenvalue weighted by Gasteiger charge is -2.05. The average Bonchev–Trinajstić information content (AvgIpc) is 3.15. The fourth-order valence-corrected chi connectivity index (χ4v) is 3.29. The number of nitrogens with zero attached hydrogens (tertiary/aromatic N) is 4. The Labute approximate surface area is 145 Å². The molecule has 3 aromatic rings. The fourth-order valence-electron chi connectivity index (χ4n) is 2.36. The second kappa shape index (κ2) is 7.09. The van der Waals surface area contributed by atoms with Crippen molar-refractivity contribution in [2.75, 3.05) is 11.9 Å². The standard InChI is InChI=1S/C17H21N5OS/c1-10(2)16-21-17(23-22-16)13-5-7-18-15(9-13)19-8-6-14-11(3)20-12(4)24-14/h5,7,9-10H,6,8H2,1-4H3,(H,18,19). The minimum atomic E-state index is 0.244. The molecule has 24 heavy (non-hydrogen) atoms. The van der Waals surface area contributed by atoms with Crippen LogP contribution in [0.25, 0.3) is 11.5 Å². The fraction of sp³-hybridized carbons (Fsp3) is 0.412. The second-order valence-electron chi connectivity index (χ2n) is 5.96. The van der Waals surface area contributed by atoms with Crippen molar-refractivity contribution in [3.05, 3.63) is 39.7 Å². The molecule has 0 spiro atoms. The monoisotopic (exact) mass is 343 g/mol. The molecule has 0 saturated carbocycles. The van der Waals surface area contributed by atoms with Gasteiger partial charge in [0, 0.05) is 35.5 Å². The summed E-state index contributed by atoms with van der Waals surface area (Å²) in [5.41, 5.74) is 1.99. The van der Waals surface area contributed by atoms with E-state index in [1.54, 1.807) is 17.5 Å². The van der Waals surface area contributed by atoms with E-state index in [0.717, 1.165) is 35.0 Å². The molecule has 0 aliphatic carbocycles. The van der Waals surface area contributed by atoms with Gasteiger partial charge in [-0.05, 0) is 26.0 Å². The third-order valence-electron chi connectivity index (χ3n) is 3.62. The minimum Gasteiger partial charge on any atom is -0.370 e. The molecule has 0 aromatic carbocycles. The Balaban J connectivity index is 1.65. The topological polar surface area (TPSA) is 76.7 Å². The number of anilines is 1. The molecule has 0 bridgehead atoms. The Hall–Kier alpha value is -2.28. The van der Waals surface area contributed by atoms with Crippen molar-refractivity contribution in [3.63, 3.8) is 0 Å². The summed E-state index contributed by atoms with van der Waals surface area (Å²) < 4.78 is 5.34. The number of nitrogens with one attached hydrogen (secondary N) is 1. The molecule has 0 saturated heterocycles. The highest BCUT2D eigenvalue weighted by molar-refractivity contribution is 7.11. The molecule has 0 atom stereocenters. The molecule has 0 unspecified atom stereocenters. The number of pyridine rings is 1. The second-order valence-corrected chi connectivity index (χ2v) is 7.25. The summed E-state index contributed by atoms with van der Waals surface area (Å²) in [6, 6.07) is 3.81. The van der Waals surface area contributed by atoms with E-state index in [0.29, 0.717) is 11.7 Å². The average molecular weight is 343 g/mol. The molecule has 3 aromatic heterocycles. The summed E-state index contributed by atoms with van der Waals surface area (Å²) in [7, 11) is 0. The summed E-state index contributed by atoms with van der Waals surface area (Å²) in [6.07, 6.45) is 2.68. The zero-order valence-electron chi connectivity index (χ0n) is 14.3. The third kappa shape index (κ3) is 3.79. The van der Waals surface area contributed by atoms with Crippen LogP contribution in [0.15, 0.2) is 22.9 Å². The Morgan fingerprint density at radius 2 is 2.08 bits per heavy atom. The summed E-state index contributed by atoms with van der Waals surface area (Å²) >= 11 is 1.75. The maximum atomic E-state index is 5.34. The van der Waals surface area contributed by atoms with Gasteiger partial charge in [0.2, 0.25) is 0 Å². The molecule has 3 heterocycles. The number of hydrogen-bond acceptors (Lipinski definition) is 7. The number of aryl methyl sites for hydroxylation is 2. The van der Waals surface area contributed by atoms with Gasteiger partial charge in [-0.25, -0.2) is 9.97 Å². The zero-order valence-corrected chi connectivity index (χ0v) is 15.1. The number of thiazole rings is 1. The normalized spacial score (nSPS) is 11.2. The molecule has 0 fully saturated rings. The number of hydrogen-bond donors (Lipinski definition) is 1. The molecule has 0 aliphatic heterocycles. The first kappa shape index (κ1) is 16.6. The largest absolute Gasteiger partial charge is 0.370 e. The summed E-state index contributed by atoms with van der Waals surface area (Å²) in [5.74, 6) is 2.29. The van der Waals surface area contributed by atoms with Crippen LogP contribution in [0.3, 0.4) is 0 Å². The number of rotatable bonds is 6. The predicted molar refractivity (Wildman–Crippen MR) is 95.4 cm³/mol. The molecule has 7 heteroatoms. The zero-order chi connectivity index (χ0) is 17.1. The van der Waals surface area contributed by atoms with E-state index in [-0.39, 0.29) is 5.92 Å². The predicted octanol–water partition coefficient (Wildman–Crippen LogP) is 3.98. The smallest absolute Gasteiger partial charge is 0.258 e. The SMILES string of the molecule is Cc1nc(C)c(CCNc2cc(-c3nc(C(C)C)no3)ccn2)s1. The Bertz CT molecular complexity index is 824. The van der Waals surface area contributed by atoms with Gasteiger partial charge in [-0.1, -0.05) is 19.0 Å². The van der Waals surface area contributed by atoms with Crippen molar-refractivity contribution in [3.8, 4) is 11.5 Å². The van der Waals surface area contributed by atoms with E-state index < -0.39 is 0 Å².